The average molecular weight is 212 g/mol. The molecule has 5 heteroatoms. The molecule has 0 heterocycles. The molecule has 0 saturated heterocycles. The predicted molar refractivity (Wildman–Crippen MR) is 49.5 cm³/mol. The third-order valence-electron chi connectivity index (χ3n) is 1.69. The summed E-state index contributed by atoms with van der Waals surface area (Å²) in [7, 11) is 0. The summed E-state index contributed by atoms with van der Waals surface area (Å²) in [5, 5.41) is 8.39. The molecule has 1 rings (SSSR count). The number of halogens is 1. The average Bonchev–Trinajstić information content (AvgIpc) is 2.17. The van der Waals surface area contributed by atoms with Crippen LogP contribution in [0.4, 0.5) is 4.39 Å². The molecule has 0 spiro atoms. The Kier molecular flexibility index (Phi) is 3.38. The van der Waals surface area contributed by atoms with Gasteiger partial charge in [0.25, 0.3) is 5.78 Å². The lowest BCUT2D eigenvalue weighted by atomic mass is 10.1. The summed E-state index contributed by atoms with van der Waals surface area (Å²) in [6.07, 6.45) is 0. The molecule has 15 heavy (non-hydrogen) atoms. The van der Waals surface area contributed by atoms with Gasteiger partial charge in [0.1, 0.15) is 11.6 Å². The molecule has 0 fully saturated rings. The number of ketones is 1. The zero-order valence-corrected chi connectivity index (χ0v) is 7.99. The van der Waals surface area contributed by atoms with Crippen LogP contribution >= 0.6 is 0 Å². The quantitative estimate of drug-likeness (QED) is 0.606. The van der Waals surface area contributed by atoms with Gasteiger partial charge in [0, 0.05) is 6.07 Å². The second-order valence-corrected chi connectivity index (χ2v) is 2.71. The van der Waals surface area contributed by atoms with Crippen molar-refractivity contribution in [2.24, 2.45) is 0 Å². The maximum absolute atomic E-state index is 13.2. The van der Waals surface area contributed by atoms with Crippen molar-refractivity contribution >= 4 is 11.8 Å². The number of Topliss-reactive ketones (excluding diaryl/α,β-unsaturated/α-hetero) is 1. The van der Waals surface area contributed by atoms with Crippen LogP contribution in [0.15, 0.2) is 18.2 Å². The Morgan fingerprint density at radius 3 is 2.60 bits per heavy atom. The maximum atomic E-state index is 13.2. The number of aliphatic carboxylic acids is 1. The highest BCUT2D eigenvalue weighted by molar-refractivity contribution is 6.39. The summed E-state index contributed by atoms with van der Waals surface area (Å²) < 4.78 is 18.2. The first kappa shape index (κ1) is 11.2. The number of carbonyl (C=O) groups excluding carboxylic acids is 1. The first-order valence-corrected chi connectivity index (χ1v) is 4.26. The Bertz CT molecular complexity index is 400. The van der Waals surface area contributed by atoms with Gasteiger partial charge in [-0.15, -0.1) is 0 Å². The van der Waals surface area contributed by atoms with Crippen molar-refractivity contribution in [1.82, 2.24) is 0 Å². The minimum Gasteiger partial charge on any atom is -0.494 e. The van der Waals surface area contributed by atoms with E-state index in [0.29, 0.717) is 6.61 Å². The van der Waals surface area contributed by atoms with Crippen LogP contribution in [-0.2, 0) is 4.79 Å². The second-order valence-electron chi connectivity index (χ2n) is 2.71. The summed E-state index contributed by atoms with van der Waals surface area (Å²) in [4.78, 5) is 21.3. The van der Waals surface area contributed by atoms with E-state index in [1.165, 1.54) is 6.07 Å². The van der Waals surface area contributed by atoms with Gasteiger partial charge in [-0.3, -0.25) is 4.79 Å². The molecule has 1 aromatic rings. The van der Waals surface area contributed by atoms with Crippen molar-refractivity contribution in [3.05, 3.63) is 29.6 Å². The molecule has 0 saturated carbocycles. The minimum atomic E-state index is -1.68. The third-order valence-corrected chi connectivity index (χ3v) is 1.69. The molecule has 4 nitrogen and oxygen atoms in total. The first-order chi connectivity index (χ1) is 7.06. The summed E-state index contributed by atoms with van der Waals surface area (Å²) in [6, 6.07) is 3.43. The SMILES string of the molecule is CCOc1ccc(C(=O)C(=O)O)c(F)c1. The molecule has 0 amide bonds. The van der Waals surface area contributed by atoms with Crippen LogP contribution in [0, 0.1) is 5.82 Å². The lowest BCUT2D eigenvalue weighted by molar-refractivity contribution is -0.131. The molecule has 0 bridgehead atoms. The largest absolute Gasteiger partial charge is 0.494 e. The molecule has 0 unspecified atom stereocenters. The van der Waals surface area contributed by atoms with E-state index < -0.39 is 23.1 Å². The van der Waals surface area contributed by atoms with E-state index in [1.54, 1.807) is 6.92 Å². The molecule has 0 aromatic heterocycles. The Balaban J connectivity index is 3.03. The number of hydrogen-bond acceptors (Lipinski definition) is 3. The zero-order valence-electron chi connectivity index (χ0n) is 7.99. The Morgan fingerprint density at radius 2 is 2.13 bits per heavy atom. The summed E-state index contributed by atoms with van der Waals surface area (Å²) >= 11 is 0. The molecular weight excluding hydrogens is 203 g/mol. The number of carboxylic acid groups (broad SMARTS) is 1. The van der Waals surface area contributed by atoms with Gasteiger partial charge in [0.15, 0.2) is 0 Å². The summed E-state index contributed by atoms with van der Waals surface area (Å²) in [5.74, 6) is -3.58. The molecule has 0 radical (unpaired) electrons. The maximum Gasteiger partial charge on any atom is 0.377 e. The molecule has 0 aliphatic carbocycles. The third kappa shape index (κ3) is 2.52. The zero-order chi connectivity index (χ0) is 11.4. The fourth-order valence-corrected chi connectivity index (χ4v) is 1.05. The first-order valence-electron chi connectivity index (χ1n) is 4.26. The van der Waals surface area contributed by atoms with Crippen LogP contribution in [0.5, 0.6) is 5.75 Å². The summed E-state index contributed by atoms with van der Waals surface area (Å²) in [6.45, 7) is 2.10. The molecule has 0 aliphatic heterocycles. The number of benzene rings is 1. The fraction of sp³-hybridized carbons (Fsp3) is 0.200. The van der Waals surface area contributed by atoms with Gasteiger partial charge < -0.3 is 9.84 Å². The number of ether oxygens (including phenoxy) is 1. The number of rotatable bonds is 4. The Labute approximate surface area is 85.3 Å². The van der Waals surface area contributed by atoms with Crippen molar-refractivity contribution in [2.45, 2.75) is 6.92 Å². The van der Waals surface area contributed by atoms with Gasteiger partial charge in [-0.05, 0) is 19.1 Å². The lowest BCUT2D eigenvalue weighted by Crippen LogP contribution is -2.14. The summed E-state index contributed by atoms with van der Waals surface area (Å²) in [5.41, 5.74) is -0.467. The number of carboxylic acids is 1. The number of carbonyl (C=O) groups is 2. The predicted octanol–water partition coefficient (Wildman–Crippen LogP) is 1.49. The normalized spacial score (nSPS) is 9.73. The van der Waals surface area contributed by atoms with Gasteiger partial charge in [0.2, 0.25) is 0 Å². The van der Waals surface area contributed by atoms with Crippen LogP contribution in [0.3, 0.4) is 0 Å². The highest BCUT2D eigenvalue weighted by atomic mass is 19.1. The molecule has 1 aromatic carbocycles. The van der Waals surface area contributed by atoms with Crippen molar-refractivity contribution < 1.29 is 23.8 Å². The fourth-order valence-electron chi connectivity index (χ4n) is 1.05. The van der Waals surface area contributed by atoms with Crippen LogP contribution < -0.4 is 4.74 Å². The Hall–Kier alpha value is -1.91. The lowest BCUT2D eigenvalue weighted by Gasteiger charge is -2.04. The van der Waals surface area contributed by atoms with Gasteiger partial charge in [-0.25, -0.2) is 9.18 Å². The topological polar surface area (TPSA) is 63.6 Å². The molecular formula is C10H9FO4. The van der Waals surface area contributed by atoms with Crippen molar-refractivity contribution in [3.63, 3.8) is 0 Å². The smallest absolute Gasteiger partial charge is 0.377 e. The van der Waals surface area contributed by atoms with E-state index in [0.717, 1.165) is 12.1 Å². The van der Waals surface area contributed by atoms with Gasteiger partial charge in [-0.2, -0.15) is 0 Å². The molecule has 0 atom stereocenters. The van der Waals surface area contributed by atoms with E-state index in [-0.39, 0.29) is 5.75 Å². The molecule has 0 aliphatic rings. The van der Waals surface area contributed by atoms with Crippen LogP contribution in [0.25, 0.3) is 0 Å². The monoisotopic (exact) mass is 212 g/mol. The van der Waals surface area contributed by atoms with Crippen molar-refractivity contribution in [3.8, 4) is 5.75 Å². The van der Waals surface area contributed by atoms with E-state index in [4.69, 9.17) is 9.84 Å². The molecule has 1 N–H and O–H groups in total. The van der Waals surface area contributed by atoms with E-state index in [1.807, 2.05) is 0 Å². The highest BCUT2D eigenvalue weighted by Crippen LogP contribution is 2.17. The Morgan fingerprint density at radius 1 is 1.47 bits per heavy atom. The second kappa shape index (κ2) is 4.54. The minimum absolute atomic E-state index is 0.261. The molecule has 80 valence electrons. The van der Waals surface area contributed by atoms with E-state index in [9.17, 15) is 14.0 Å². The van der Waals surface area contributed by atoms with Gasteiger partial charge in [-0.1, -0.05) is 0 Å². The van der Waals surface area contributed by atoms with E-state index in [2.05, 4.69) is 0 Å². The van der Waals surface area contributed by atoms with Crippen molar-refractivity contribution in [1.29, 1.82) is 0 Å². The number of hydrogen-bond donors (Lipinski definition) is 1. The standard InChI is InChI=1S/C10H9FO4/c1-2-15-6-3-4-7(8(11)5-6)9(12)10(13)14/h3-5H,2H2,1H3,(H,13,14). The van der Waals surface area contributed by atoms with Crippen LogP contribution in [0.1, 0.15) is 17.3 Å². The highest BCUT2D eigenvalue weighted by Gasteiger charge is 2.19. The van der Waals surface area contributed by atoms with Gasteiger partial charge in [0.05, 0.1) is 12.2 Å². The van der Waals surface area contributed by atoms with E-state index >= 15 is 0 Å². The van der Waals surface area contributed by atoms with Gasteiger partial charge >= 0.3 is 5.97 Å². The van der Waals surface area contributed by atoms with Crippen molar-refractivity contribution in [2.75, 3.05) is 6.61 Å². The van der Waals surface area contributed by atoms with Crippen LogP contribution in [-0.4, -0.2) is 23.5 Å². The van der Waals surface area contributed by atoms with Crippen LogP contribution in [0.2, 0.25) is 0 Å².